The summed E-state index contributed by atoms with van der Waals surface area (Å²) in [4.78, 5) is 3.21. The molecule has 0 saturated heterocycles. The first-order chi connectivity index (χ1) is 8.49. The van der Waals surface area contributed by atoms with E-state index in [1.54, 1.807) is 0 Å². The molecule has 0 unspecified atom stereocenters. The summed E-state index contributed by atoms with van der Waals surface area (Å²) in [5.74, 6) is 0. The standard InChI is InChI=1S/C13H17N2O2S/c1-3-4-11-9-14-13-6-5-10(7-12(11)13)8-15-18(2,16)17/h5-7,9,14-15H,1,3-4,8H2,2H3. The number of nitrogens with one attached hydrogen (secondary N) is 2. The zero-order chi connectivity index (χ0) is 13.2. The number of aryl methyl sites for hydroxylation is 1. The molecule has 0 aliphatic carbocycles. The third kappa shape index (κ3) is 3.11. The molecule has 0 aliphatic rings. The molecule has 1 aromatic carbocycles. The molecule has 2 rings (SSSR count). The monoisotopic (exact) mass is 265 g/mol. The number of H-pyrrole nitrogens is 1. The predicted molar refractivity (Wildman–Crippen MR) is 73.7 cm³/mol. The van der Waals surface area contributed by atoms with E-state index in [1.165, 1.54) is 5.56 Å². The van der Waals surface area contributed by atoms with Crippen molar-refractivity contribution in [3.63, 3.8) is 0 Å². The number of hydrogen-bond donors (Lipinski definition) is 2. The summed E-state index contributed by atoms with van der Waals surface area (Å²) in [7, 11) is -3.15. The zero-order valence-corrected chi connectivity index (χ0v) is 11.2. The highest BCUT2D eigenvalue weighted by molar-refractivity contribution is 7.88. The van der Waals surface area contributed by atoms with Gasteiger partial charge in [-0.25, -0.2) is 13.1 Å². The van der Waals surface area contributed by atoms with Gasteiger partial charge in [-0.05, 0) is 36.1 Å². The van der Waals surface area contributed by atoms with Crippen LogP contribution in [-0.2, 0) is 23.0 Å². The van der Waals surface area contributed by atoms with Crippen molar-refractivity contribution in [1.29, 1.82) is 0 Å². The second kappa shape index (κ2) is 5.12. The molecule has 0 amide bonds. The van der Waals surface area contributed by atoms with Crippen LogP contribution in [0.1, 0.15) is 17.5 Å². The van der Waals surface area contributed by atoms with Crippen LogP contribution < -0.4 is 4.72 Å². The van der Waals surface area contributed by atoms with E-state index >= 15 is 0 Å². The number of aromatic amines is 1. The molecule has 18 heavy (non-hydrogen) atoms. The number of benzene rings is 1. The van der Waals surface area contributed by atoms with E-state index in [0.717, 1.165) is 35.6 Å². The van der Waals surface area contributed by atoms with Crippen molar-refractivity contribution in [2.75, 3.05) is 6.26 Å². The van der Waals surface area contributed by atoms with Gasteiger partial charge >= 0.3 is 0 Å². The average molecular weight is 265 g/mol. The lowest BCUT2D eigenvalue weighted by Gasteiger charge is -2.04. The van der Waals surface area contributed by atoms with E-state index in [1.807, 2.05) is 24.4 Å². The molecular formula is C13H17N2O2S. The maximum absolute atomic E-state index is 11.1. The Morgan fingerprint density at radius 2 is 2.17 bits per heavy atom. The van der Waals surface area contributed by atoms with Gasteiger partial charge in [-0.3, -0.25) is 0 Å². The van der Waals surface area contributed by atoms with Crippen LogP contribution in [0.25, 0.3) is 10.9 Å². The Bertz CT molecular complexity index is 644. The number of aromatic nitrogens is 1. The molecule has 1 aromatic heterocycles. The highest BCUT2D eigenvalue weighted by atomic mass is 32.2. The zero-order valence-electron chi connectivity index (χ0n) is 10.4. The molecule has 0 fully saturated rings. The summed E-state index contributed by atoms with van der Waals surface area (Å²) in [6.45, 7) is 4.18. The van der Waals surface area contributed by atoms with Crippen LogP contribution in [0, 0.1) is 6.92 Å². The topological polar surface area (TPSA) is 62.0 Å². The second-order valence-electron chi connectivity index (χ2n) is 4.39. The van der Waals surface area contributed by atoms with Crippen molar-refractivity contribution in [2.45, 2.75) is 19.4 Å². The van der Waals surface area contributed by atoms with Crippen molar-refractivity contribution in [2.24, 2.45) is 0 Å². The van der Waals surface area contributed by atoms with Gasteiger partial charge in [0, 0.05) is 23.6 Å². The van der Waals surface area contributed by atoms with Crippen molar-refractivity contribution in [1.82, 2.24) is 9.71 Å². The second-order valence-corrected chi connectivity index (χ2v) is 6.22. The van der Waals surface area contributed by atoms with Gasteiger partial charge in [-0.1, -0.05) is 13.0 Å². The van der Waals surface area contributed by atoms with E-state index in [2.05, 4.69) is 16.6 Å². The summed E-state index contributed by atoms with van der Waals surface area (Å²) < 4.78 is 24.6. The van der Waals surface area contributed by atoms with Gasteiger partial charge in [0.25, 0.3) is 0 Å². The fourth-order valence-corrected chi connectivity index (χ4v) is 2.38. The minimum absolute atomic E-state index is 0.323. The maximum atomic E-state index is 11.1. The van der Waals surface area contributed by atoms with Gasteiger partial charge in [-0.2, -0.15) is 0 Å². The molecule has 2 N–H and O–H groups in total. The van der Waals surface area contributed by atoms with Crippen LogP contribution in [0.3, 0.4) is 0 Å². The molecule has 0 bridgehead atoms. The average Bonchev–Trinajstić information content (AvgIpc) is 2.69. The highest BCUT2D eigenvalue weighted by Crippen LogP contribution is 2.21. The highest BCUT2D eigenvalue weighted by Gasteiger charge is 2.05. The first-order valence-electron chi connectivity index (χ1n) is 5.82. The minimum atomic E-state index is -3.15. The van der Waals surface area contributed by atoms with Gasteiger partial charge in [0.1, 0.15) is 0 Å². The van der Waals surface area contributed by atoms with Gasteiger partial charge in [0.2, 0.25) is 10.0 Å². The molecule has 0 spiro atoms. The van der Waals surface area contributed by atoms with Gasteiger partial charge in [-0.15, -0.1) is 0 Å². The van der Waals surface area contributed by atoms with Crippen molar-refractivity contribution < 1.29 is 8.42 Å². The van der Waals surface area contributed by atoms with E-state index < -0.39 is 10.0 Å². The Labute approximate surface area is 107 Å². The smallest absolute Gasteiger partial charge is 0.209 e. The number of rotatable bonds is 5. The Morgan fingerprint density at radius 3 is 2.83 bits per heavy atom. The first-order valence-corrected chi connectivity index (χ1v) is 7.71. The summed E-state index contributed by atoms with van der Waals surface area (Å²) >= 11 is 0. The largest absolute Gasteiger partial charge is 0.361 e. The van der Waals surface area contributed by atoms with E-state index in [0.29, 0.717) is 6.54 Å². The van der Waals surface area contributed by atoms with Crippen LogP contribution in [0.15, 0.2) is 24.4 Å². The molecule has 0 aliphatic heterocycles. The fourth-order valence-electron chi connectivity index (χ4n) is 1.95. The van der Waals surface area contributed by atoms with Gasteiger partial charge < -0.3 is 4.98 Å². The molecule has 0 saturated carbocycles. The van der Waals surface area contributed by atoms with Crippen molar-refractivity contribution >= 4 is 20.9 Å². The van der Waals surface area contributed by atoms with Crippen LogP contribution >= 0.6 is 0 Å². The number of fused-ring (bicyclic) bond motifs is 1. The third-order valence-corrected chi connectivity index (χ3v) is 3.49. The van der Waals surface area contributed by atoms with Crippen LogP contribution in [0.4, 0.5) is 0 Å². The van der Waals surface area contributed by atoms with Crippen molar-refractivity contribution in [3.05, 3.63) is 42.4 Å². The van der Waals surface area contributed by atoms with Crippen molar-refractivity contribution in [3.8, 4) is 0 Å². The Hall–Kier alpha value is -1.33. The van der Waals surface area contributed by atoms with Crippen LogP contribution in [0.2, 0.25) is 0 Å². The van der Waals surface area contributed by atoms with E-state index in [-0.39, 0.29) is 0 Å². The minimum Gasteiger partial charge on any atom is -0.361 e. The quantitative estimate of drug-likeness (QED) is 0.868. The SMILES string of the molecule is [CH2]CCc1c[nH]c2ccc(CNS(C)(=O)=O)cc12. The fraction of sp³-hybridized carbons (Fsp3) is 0.308. The summed E-state index contributed by atoms with van der Waals surface area (Å²) in [5.41, 5.74) is 3.25. The lowest BCUT2D eigenvalue weighted by molar-refractivity contribution is 0.587. The van der Waals surface area contributed by atoms with E-state index in [9.17, 15) is 8.42 Å². The van der Waals surface area contributed by atoms with Gasteiger partial charge in [0.05, 0.1) is 6.26 Å². The summed E-state index contributed by atoms with van der Waals surface area (Å²) in [5, 5.41) is 1.14. The Morgan fingerprint density at radius 1 is 1.39 bits per heavy atom. The lowest BCUT2D eigenvalue weighted by Crippen LogP contribution is -2.21. The summed E-state index contributed by atoms with van der Waals surface area (Å²) in [6, 6.07) is 5.92. The molecular weight excluding hydrogens is 248 g/mol. The third-order valence-electron chi connectivity index (χ3n) is 2.82. The molecule has 5 heteroatoms. The lowest BCUT2D eigenvalue weighted by atomic mass is 10.1. The molecule has 97 valence electrons. The van der Waals surface area contributed by atoms with Crippen LogP contribution in [-0.4, -0.2) is 19.7 Å². The number of sulfonamides is 1. The Balaban J connectivity index is 2.27. The van der Waals surface area contributed by atoms with Gasteiger partial charge in [0.15, 0.2) is 0 Å². The first kappa shape index (κ1) is 13.1. The maximum Gasteiger partial charge on any atom is 0.209 e. The summed E-state index contributed by atoms with van der Waals surface area (Å²) in [6.07, 6.45) is 4.92. The molecule has 4 nitrogen and oxygen atoms in total. The van der Waals surface area contributed by atoms with Crippen LogP contribution in [0.5, 0.6) is 0 Å². The van der Waals surface area contributed by atoms with E-state index in [4.69, 9.17) is 0 Å². The molecule has 2 aromatic rings. The molecule has 1 heterocycles. The Kier molecular flexibility index (Phi) is 3.73. The normalized spacial score (nSPS) is 12.1. The predicted octanol–water partition coefficient (Wildman–Crippen LogP) is 1.98. The molecule has 0 atom stereocenters. The number of hydrogen-bond acceptors (Lipinski definition) is 2. The molecule has 1 radical (unpaired) electrons.